The van der Waals surface area contributed by atoms with Crippen molar-refractivity contribution < 1.29 is 14.3 Å². The summed E-state index contributed by atoms with van der Waals surface area (Å²) in [5.74, 6) is -0.00679. The lowest BCUT2D eigenvalue weighted by molar-refractivity contribution is 0.101. The molecule has 2 N–H and O–H groups in total. The normalized spacial score (nSPS) is 13.3. The number of rotatable bonds is 2. The van der Waals surface area contributed by atoms with Crippen molar-refractivity contribution in [3.05, 3.63) is 65.6 Å². The Balaban J connectivity index is 1.94. The molecule has 0 aliphatic carbocycles. The van der Waals surface area contributed by atoms with Gasteiger partial charge in [0.2, 0.25) is 0 Å². The van der Waals surface area contributed by atoms with Gasteiger partial charge >= 0.3 is 0 Å². The molecular formula is C16H10N2O3. The first-order valence-electron chi connectivity index (χ1n) is 6.43. The van der Waals surface area contributed by atoms with Gasteiger partial charge < -0.3 is 14.5 Å². The van der Waals surface area contributed by atoms with Crippen LogP contribution in [0.4, 0.5) is 0 Å². The Bertz CT molecular complexity index is 859. The van der Waals surface area contributed by atoms with Crippen LogP contribution in [0.2, 0.25) is 0 Å². The third kappa shape index (κ3) is 1.64. The van der Waals surface area contributed by atoms with Crippen LogP contribution in [-0.4, -0.2) is 21.7 Å². The zero-order valence-corrected chi connectivity index (χ0v) is 10.8. The summed E-state index contributed by atoms with van der Waals surface area (Å²) >= 11 is 0. The van der Waals surface area contributed by atoms with Crippen molar-refractivity contribution in [3.63, 3.8) is 0 Å². The molecule has 3 heterocycles. The van der Waals surface area contributed by atoms with E-state index in [0.29, 0.717) is 28.3 Å². The van der Waals surface area contributed by atoms with E-state index < -0.39 is 0 Å². The molecule has 1 aromatic carbocycles. The molecule has 5 nitrogen and oxygen atoms in total. The molecule has 3 aromatic rings. The molecule has 0 saturated heterocycles. The van der Waals surface area contributed by atoms with Gasteiger partial charge in [-0.3, -0.25) is 4.79 Å². The Morgan fingerprint density at radius 3 is 2.57 bits per heavy atom. The van der Waals surface area contributed by atoms with Gasteiger partial charge in [0.1, 0.15) is 5.71 Å². The lowest BCUT2D eigenvalue weighted by atomic mass is 10.0. The van der Waals surface area contributed by atoms with Crippen LogP contribution < -0.4 is 0 Å². The van der Waals surface area contributed by atoms with Crippen molar-refractivity contribution in [2.75, 3.05) is 0 Å². The second-order valence-electron chi connectivity index (χ2n) is 4.71. The topological polar surface area (TPSA) is 78.6 Å². The fraction of sp³-hybridized carbons (Fsp3) is 0. The molecule has 0 atom stereocenters. The molecule has 0 saturated carbocycles. The molecule has 5 heteroatoms. The van der Waals surface area contributed by atoms with Crippen LogP contribution in [0.1, 0.15) is 21.7 Å². The standard InChI is InChI=1S/C16H10N2O3/c19-15-11-12(14(18-15)10-7-4-8-21-10)16(20)17-13(11)9-5-2-1-3-6-9/h1-8,17,20H. The van der Waals surface area contributed by atoms with E-state index in [4.69, 9.17) is 4.42 Å². The average Bonchev–Trinajstić information content (AvgIpc) is 3.19. The maximum atomic E-state index is 12.2. The number of nitrogens with zero attached hydrogens (tertiary/aromatic N) is 1. The maximum absolute atomic E-state index is 12.2. The minimum Gasteiger partial charge on any atom is -0.494 e. The summed E-state index contributed by atoms with van der Waals surface area (Å²) in [6.45, 7) is 0. The van der Waals surface area contributed by atoms with Crippen LogP contribution in [0.5, 0.6) is 5.88 Å². The first kappa shape index (κ1) is 11.7. The van der Waals surface area contributed by atoms with Crippen LogP contribution >= 0.6 is 0 Å². The van der Waals surface area contributed by atoms with Crippen molar-refractivity contribution in [2.24, 2.45) is 4.99 Å². The Morgan fingerprint density at radius 1 is 1.05 bits per heavy atom. The SMILES string of the molecule is O=C1N=C(c2ccco2)c2c(O)[nH]c(-c3ccccc3)c21. The highest BCUT2D eigenvalue weighted by molar-refractivity contribution is 6.29. The number of amides is 1. The zero-order chi connectivity index (χ0) is 14.4. The summed E-state index contributed by atoms with van der Waals surface area (Å²) in [6, 6.07) is 12.8. The Hall–Kier alpha value is -3.08. The van der Waals surface area contributed by atoms with Crippen LogP contribution in [0.25, 0.3) is 11.3 Å². The number of aliphatic imine (C=N–C) groups is 1. The predicted molar refractivity (Wildman–Crippen MR) is 76.6 cm³/mol. The number of hydrogen-bond acceptors (Lipinski definition) is 3. The lowest BCUT2D eigenvalue weighted by Crippen LogP contribution is -1.97. The number of hydrogen-bond donors (Lipinski definition) is 2. The number of aromatic amines is 1. The Kier molecular flexibility index (Phi) is 2.35. The molecule has 102 valence electrons. The third-order valence-corrected chi connectivity index (χ3v) is 3.46. The molecule has 1 amide bonds. The average molecular weight is 278 g/mol. The Labute approximate surface area is 119 Å². The highest BCUT2D eigenvalue weighted by atomic mass is 16.3. The molecule has 0 unspecified atom stereocenters. The fourth-order valence-electron chi connectivity index (χ4n) is 2.56. The molecule has 1 aliphatic rings. The minimum atomic E-state index is -0.383. The molecule has 0 spiro atoms. The van der Waals surface area contributed by atoms with Gasteiger partial charge in [-0.05, 0) is 17.7 Å². The number of carbonyl (C=O) groups is 1. The van der Waals surface area contributed by atoms with Crippen LogP contribution in [-0.2, 0) is 0 Å². The van der Waals surface area contributed by atoms with Gasteiger partial charge in [0.25, 0.3) is 5.91 Å². The smallest absolute Gasteiger partial charge is 0.280 e. The van der Waals surface area contributed by atoms with E-state index in [-0.39, 0.29) is 11.8 Å². The maximum Gasteiger partial charge on any atom is 0.280 e. The Morgan fingerprint density at radius 2 is 1.86 bits per heavy atom. The largest absolute Gasteiger partial charge is 0.494 e. The number of benzene rings is 1. The molecule has 2 aromatic heterocycles. The predicted octanol–water partition coefficient (Wildman–Crippen LogP) is 2.97. The molecule has 4 rings (SSSR count). The molecule has 0 fully saturated rings. The van der Waals surface area contributed by atoms with Gasteiger partial charge in [-0.2, -0.15) is 0 Å². The van der Waals surface area contributed by atoms with Crippen LogP contribution in [0.15, 0.2) is 58.1 Å². The second-order valence-corrected chi connectivity index (χ2v) is 4.71. The summed E-state index contributed by atoms with van der Waals surface area (Å²) in [5.41, 5.74) is 2.52. The highest BCUT2D eigenvalue weighted by Gasteiger charge is 2.34. The summed E-state index contributed by atoms with van der Waals surface area (Å²) in [5, 5.41) is 10.2. The summed E-state index contributed by atoms with van der Waals surface area (Å²) < 4.78 is 5.28. The summed E-state index contributed by atoms with van der Waals surface area (Å²) in [6.07, 6.45) is 1.50. The van der Waals surface area contributed by atoms with Crippen molar-refractivity contribution in [1.82, 2.24) is 4.98 Å². The van der Waals surface area contributed by atoms with Gasteiger partial charge in [0.15, 0.2) is 11.6 Å². The van der Waals surface area contributed by atoms with E-state index in [1.165, 1.54) is 6.26 Å². The fourth-order valence-corrected chi connectivity index (χ4v) is 2.56. The van der Waals surface area contributed by atoms with Gasteiger partial charge in [-0.15, -0.1) is 0 Å². The number of aromatic nitrogens is 1. The molecule has 0 radical (unpaired) electrons. The van der Waals surface area contributed by atoms with Crippen LogP contribution in [0, 0.1) is 0 Å². The van der Waals surface area contributed by atoms with Gasteiger partial charge in [-0.1, -0.05) is 30.3 Å². The first-order valence-corrected chi connectivity index (χ1v) is 6.43. The quantitative estimate of drug-likeness (QED) is 0.756. The summed E-state index contributed by atoms with van der Waals surface area (Å²) in [4.78, 5) is 19.1. The van der Waals surface area contributed by atoms with E-state index in [9.17, 15) is 9.90 Å². The van der Waals surface area contributed by atoms with E-state index in [0.717, 1.165) is 5.56 Å². The summed E-state index contributed by atoms with van der Waals surface area (Å²) in [7, 11) is 0. The molecule has 21 heavy (non-hydrogen) atoms. The van der Waals surface area contributed by atoms with Crippen molar-refractivity contribution in [3.8, 4) is 17.1 Å². The van der Waals surface area contributed by atoms with Gasteiger partial charge in [0, 0.05) is 0 Å². The number of aromatic hydroxyl groups is 1. The van der Waals surface area contributed by atoms with Crippen molar-refractivity contribution >= 4 is 11.6 Å². The van der Waals surface area contributed by atoms with E-state index in [1.54, 1.807) is 12.1 Å². The number of furan rings is 1. The van der Waals surface area contributed by atoms with Crippen molar-refractivity contribution in [2.45, 2.75) is 0 Å². The monoisotopic (exact) mass is 278 g/mol. The number of carbonyl (C=O) groups excluding carboxylic acids is 1. The lowest BCUT2D eigenvalue weighted by Gasteiger charge is -1.99. The van der Waals surface area contributed by atoms with Gasteiger partial charge in [0.05, 0.1) is 23.1 Å². The number of H-pyrrole nitrogens is 1. The molecule has 0 bridgehead atoms. The molecular weight excluding hydrogens is 268 g/mol. The van der Waals surface area contributed by atoms with E-state index in [2.05, 4.69) is 9.98 Å². The highest BCUT2D eigenvalue weighted by Crippen LogP contribution is 2.37. The number of nitrogens with one attached hydrogen (secondary N) is 1. The van der Waals surface area contributed by atoms with E-state index in [1.807, 2.05) is 30.3 Å². The van der Waals surface area contributed by atoms with Gasteiger partial charge in [-0.25, -0.2) is 4.99 Å². The second kappa shape index (κ2) is 4.21. The zero-order valence-electron chi connectivity index (χ0n) is 10.8. The van der Waals surface area contributed by atoms with Crippen molar-refractivity contribution in [1.29, 1.82) is 0 Å². The van der Waals surface area contributed by atoms with Crippen LogP contribution in [0.3, 0.4) is 0 Å². The third-order valence-electron chi connectivity index (χ3n) is 3.46. The molecule has 1 aliphatic heterocycles. The van der Waals surface area contributed by atoms with E-state index >= 15 is 0 Å². The first-order chi connectivity index (χ1) is 10.3. The number of fused-ring (bicyclic) bond motifs is 1. The minimum absolute atomic E-state index is 0.0788.